The van der Waals surface area contributed by atoms with E-state index in [2.05, 4.69) is 10.0 Å². The number of rotatable bonds is 8. The van der Waals surface area contributed by atoms with Crippen LogP contribution >= 0.6 is 0 Å². The van der Waals surface area contributed by atoms with Crippen LogP contribution in [0.25, 0.3) is 10.4 Å². The molecule has 1 saturated carbocycles. The van der Waals surface area contributed by atoms with E-state index in [0.29, 0.717) is 6.61 Å². The smallest absolute Gasteiger partial charge is 0.410 e. The molecule has 32 heavy (non-hydrogen) atoms. The fraction of sp³-hybridized carbons (Fsp3) is 0.435. The maximum Gasteiger partial charge on any atom is 0.410 e. The largest absolute Gasteiger partial charge is 0.441 e. The van der Waals surface area contributed by atoms with Crippen LogP contribution in [0.3, 0.4) is 0 Å². The first-order valence-corrected chi connectivity index (χ1v) is 10.5. The summed E-state index contributed by atoms with van der Waals surface area (Å²) in [5.41, 5.74) is 11.2. The van der Waals surface area contributed by atoms with Crippen molar-refractivity contribution in [2.24, 2.45) is 5.11 Å². The second kappa shape index (κ2) is 10.0. The van der Waals surface area contributed by atoms with Crippen LogP contribution in [0.2, 0.25) is 0 Å². The molecule has 0 aromatic heterocycles. The quantitative estimate of drug-likeness (QED) is 0.355. The Morgan fingerprint density at radius 3 is 2.06 bits per heavy atom. The third kappa shape index (κ3) is 4.42. The molecule has 168 valence electrons. The van der Waals surface area contributed by atoms with Gasteiger partial charge in [0.1, 0.15) is 18.2 Å². The van der Waals surface area contributed by atoms with Gasteiger partial charge in [0, 0.05) is 19.1 Å². The van der Waals surface area contributed by atoms with E-state index in [9.17, 15) is 10.3 Å². The van der Waals surface area contributed by atoms with Gasteiger partial charge in [-0.05, 0) is 16.7 Å². The summed E-state index contributed by atoms with van der Waals surface area (Å²) in [5.74, 6) is 0. The molecule has 2 aromatic carbocycles. The molecule has 0 bridgehead atoms. The van der Waals surface area contributed by atoms with Crippen LogP contribution < -0.4 is 0 Å². The SMILES string of the molecule is CO[C@H]1[C@@H](OCc2ccccc2)[C@H](N=[N+]=[N-])[C@@H](OCc2ccccc2)[C@@H]2OC(=O)N(C)[C@@H]21. The van der Waals surface area contributed by atoms with Crippen LogP contribution in [0.4, 0.5) is 4.79 Å². The molecule has 1 aliphatic carbocycles. The van der Waals surface area contributed by atoms with Crippen molar-refractivity contribution in [2.45, 2.75) is 49.7 Å². The molecule has 0 radical (unpaired) electrons. The molecule has 2 aliphatic rings. The third-order valence-electron chi connectivity index (χ3n) is 5.99. The third-order valence-corrected chi connectivity index (χ3v) is 5.99. The lowest BCUT2D eigenvalue weighted by molar-refractivity contribution is -0.178. The van der Waals surface area contributed by atoms with Gasteiger partial charge in [-0.3, -0.25) is 0 Å². The van der Waals surface area contributed by atoms with Crippen LogP contribution in [0.5, 0.6) is 0 Å². The summed E-state index contributed by atoms with van der Waals surface area (Å²) in [5, 5.41) is 4.02. The molecule has 0 spiro atoms. The van der Waals surface area contributed by atoms with Crippen LogP contribution in [0.1, 0.15) is 11.1 Å². The van der Waals surface area contributed by atoms with Gasteiger partial charge >= 0.3 is 6.09 Å². The average Bonchev–Trinajstić information content (AvgIpc) is 3.12. The lowest BCUT2D eigenvalue weighted by atomic mass is 9.81. The van der Waals surface area contributed by atoms with Crippen molar-refractivity contribution in [3.05, 3.63) is 82.2 Å². The van der Waals surface area contributed by atoms with E-state index in [1.807, 2.05) is 60.7 Å². The lowest BCUT2D eigenvalue weighted by Crippen LogP contribution is -2.66. The number of fused-ring (bicyclic) bond motifs is 1. The van der Waals surface area contributed by atoms with E-state index in [4.69, 9.17) is 18.9 Å². The Kier molecular flexibility index (Phi) is 6.92. The highest BCUT2D eigenvalue weighted by Crippen LogP contribution is 2.38. The van der Waals surface area contributed by atoms with Crippen LogP contribution in [-0.2, 0) is 32.2 Å². The summed E-state index contributed by atoms with van der Waals surface area (Å²) in [4.78, 5) is 17.0. The molecular weight excluding hydrogens is 412 g/mol. The predicted octanol–water partition coefficient (Wildman–Crippen LogP) is 3.68. The van der Waals surface area contributed by atoms with Gasteiger partial charge in [-0.2, -0.15) is 0 Å². The maximum absolute atomic E-state index is 12.4. The molecule has 1 heterocycles. The number of carbonyl (C=O) groups is 1. The van der Waals surface area contributed by atoms with Crippen LogP contribution in [0, 0.1) is 0 Å². The second-order valence-electron chi connectivity index (χ2n) is 7.87. The first-order valence-electron chi connectivity index (χ1n) is 10.5. The summed E-state index contributed by atoms with van der Waals surface area (Å²) >= 11 is 0. The normalized spacial score (nSPS) is 29.2. The number of nitrogens with zero attached hydrogens (tertiary/aromatic N) is 4. The molecule has 0 N–H and O–H groups in total. The van der Waals surface area contributed by atoms with Gasteiger partial charge < -0.3 is 23.8 Å². The van der Waals surface area contributed by atoms with E-state index in [0.717, 1.165) is 11.1 Å². The Morgan fingerprint density at radius 1 is 0.969 bits per heavy atom. The van der Waals surface area contributed by atoms with Crippen molar-refractivity contribution in [3.8, 4) is 0 Å². The number of hydrogen-bond acceptors (Lipinski definition) is 6. The summed E-state index contributed by atoms with van der Waals surface area (Å²) in [6.45, 7) is 0.570. The fourth-order valence-corrected chi connectivity index (χ4v) is 4.43. The molecule has 0 unspecified atom stereocenters. The van der Waals surface area contributed by atoms with E-state index in [1.54, 1.807) is 14.2 Å². The molecule has 9 heteroatoms. The zero-order valence-electron chi connectivity index (χ0n) is 18.0. The standard InChI is InChI=1S/C23H26N4O5/c1-27-18-21(29-2)19(30-13-15-9-5-3-6-10-15)17(25-26-24)20(22(18)32-23(27)28)31-14-16-11-7-4-8-12-16/h3-12,17-22H,13-14H2,1-2H3/t17-,18+,19-,20+,21+,22+/m0/s1. The number of amides is 1. The molecule has 6 atom stereocenters. The number of azide groups is 1. The van der Waals surface area contributed by atoms with Gasteiger partial charge in [-0.1, -0.05) is 65.8 Å². The number of benzene rings is 2. The highest BCUT2D eigenvalue weighted by Gasteiger charge is 2.59. The van der Waals surface area contributed by atoms with Gasteiger partial charge in [0.25, 0.3) is 0 Å². The van der Waals surface area contributed by atoms with Crippen molar-refractivity contribution >= 4 is 6.09 Å². The first kappa shape index (κ1) is 22.1. The number of hydrogen-bond donors (Lipinski definition) is 0. The summed E-state index contributed by atoms with van der Waals surface area (Å²) < 4.78 is 23.9. The van der Waals surface area contributed by atoms with Crippen LogP contribution in [-0.4, -0.2) is 61.7 Å². The monoisotopic (exact) mass is 438 g/mol. The molecule has 2 aromatic rings. The number of likely N-dealkylation sites (N-methyl/N-ethyl adjacent to an activating group) is 1. The highest BCUT2D eigenvalue weighted by atomic mass is 16.6. The van der Waals surface area contributed by atoms with Gasteiger partial charge in [-0.15, -0.1) is 0 Å². The van der Waals surface area contributed by atoms with Crippen molar-refractivity contribution < 1.29 is 23.7 Å². The number of methoxy groups -OCH3 is 1. The topological polar surface area (TPSA) is 106 Å². The Labute approximate surface area is 186 Å². The van der Waals surface area contributed by atoms with Crippen molar-refractivity contribution in [3.63, 3.8) is 0 Å². The van der Waals surface area contributed by atoms with Crippen molar-refractivity contribution in [1.29, 1.82) is 0 Å². The zero-order chi connectivity index (χ0) is 22.5. The number of ether oxygens (including phenoxy) is 4. The van der Waals surface area contributed by atoms with Gasteiger partial charge in [0.05, 0.1) is 25.4 Å². The molecule has 2 fully saturated rings. The molecule has 4 rings (SSSR count). The lowest BCUT2D eigenvalue weighted by Gasteiger charge is -2.46. The molecular formula is C23H26N4O5. The average molecular weight is 438 g/mol. The molecule has 9 nitrogen and oxygen atoms in total. The first-order chi connectivity index (χ1) is 15.6. The maximum atomic E-state index is 12.4. The predicted molar refractivity (Wildman–Crippen MR) is 116 cm³/mol. The Morgan fingerprint density at radius 2 is 1.53 bits per heavy atom. The molecule has 1 saturated heterocycles. The van der Waals surface area contributed by atoms with Crippen molar-refractivity contribution in [2.75, 3.05) is 14.2 Å². The van der Waals surface area contributed by atoms with Crippen molar-refractivity contribution in [1.82, 2.24) is 4.90 Å². The second-order valence-corrected chi connectivity index (χ2v) is 7.87. The fourth-order valence-electron chi connectivity index (χ4n) is 4.43. The van der Waals surface area contributed by atoms with E-state index < -0.39 is 42.6 Å². The van der Waals surface area contributed by atoms with E-state index in [-0.39, 0.29) is 6.61 Å². The molecule has 1 amide bonds. The number of carbonyl (C=O) groups excluding carboxylic acids is 1. The summed E-state index contributed by atoms with van der Waals surface area (Å²) in [6.07, 6.45) is -3.04. The minimum Gasteiger partial charge on any atom is -0.441 e. The summed E-state index contributed by atoms with van der Waals surface area (Å²) in [7, 11) is 3.21. The van der Waals surface area contributed by atoms with Gasteiger partial charge in [0.15, 0.2) is 6.10 Å². The van der Waals surface area contributed by atoms with Gasteiger partial charge in [0.2, 0.25) is 0 Å². The van der Waals surface area contributed by atoms with Gasteiger partial charge in [-0.25, -0.2) is 4.79 Å². The minimum absolute atomic E-state index is 0.274. The minimum atomic E-state index is -0.752. The Hall–Kier alpha value is -3.10. The Bertz CT molecular complexity index is 953. The van der Waals surface area contributed by atoms with E-state index >= 15 is 0 Å². The van der Waals surface area contributed by atoms with E-state index in [1.165, 1.54) is 4.90 Å². The Balaban J connectivity index is 1.64. The zero-order valence-corrected chi connectivity index (χ0v) is 18.0. The highest BCUT2D eigenvalue weighted by molar-refractivity contribution is 5.71. The summed E-state index contributed by atoms with van der Waals surface area (Å²) in [6, 6.07) is 18.1. The molecule has 1 aliphatic heterocycles. The van der Waals surface area contributed by atoms with Crippen LogP contribution in [0.15, 0.2) is 65.8 Å².